The normalized spacial score (nSPS) is 11.8. The highest BCUT2D eigenvalue weighted by Gasteiger charge is 2.20. The molecule has 0 aliphatic rings. The molecule has 152 valence electrons. The van der Waals surface area contributed by atoms with Gasteiger partial charge in [-0.05, 0) is 55.0 Å². The summed E-state index contributed by atoms with van der Waals surface area (Å²) in [5, 5.41) is 0.451. The van der Waals surface area contributed by atoms with Crippen LogP contribution in [0.3, 0.4) is 0 Å². The zero-order valence-electron chi connectivity index (χ0n) is 14.9. The third-order valence-electron chi connectivity index (χ3n) is 3.85. The Labute approximate surface area is 172 Å². The average molecular weight is 456 g/mol. The van der Waals surface area contributed by atoms with Crippen molar-refractivity contribution in [3.05, 3.63) is 77.3 Å². The van der Waals surface area contributed by atoms with Crippen molar-refractivity contribution in [3.8, 4) is 0 Å². The van der Waals surface area contributed by atoms with Gasteiger partial charge in [-0.3, -0.25) is 14.4 Å². The Morgan fingerprint density at radius 3 is 2.17 bits per heavy atom. The molecule has 0 fully saturated rings. The Bertz CT molecular complexity index is 1260. The van der Waals surface area contributed by atoms with Crippen LogP contribution in [0.2, 0.25) is 5.02 Å². The van der Waals surface area contributed by atoms with Crippen LogP contribution in [0.4, 0.5) is 15.8 Å². The summed E-state index contributed by atoms with van der Waals surface area (Å²) in [5.74, 6) is -0.812. The van der Waals surface area contributed by atoms with Gasteiger partial charge in [-0.25, -0.2) is 21.2 Å². The van der Waals surface area contributed by atoms with E-state index in [0.717, 1.165) is 18.5 Å². The summed E-state index contributed by atoms with van der Waals surface area (Å²) in [6, 6.07) is 10.8. The summed E-state index contributed by atoms with van der Waals surface area (Å²) in [7, 11) is -8.16. The van der Waals surface area contributed by atoms with Gasteiger partial charge in [-0.1, -0.05) is 17.7 Å². The molecule has 0 saturated heterocycles. The van der Waals surface area contributed by atoms with E-state index in [1.165, 1.54) is 42.5 Å². The number of rotatable bonds is 6. The predicted octanol–water partition coefficient (Wildman–Crippen LogP) is 3.78. The number of nitrogens with one attached hydrogen (secondary N) is 2. The first kappa shape index (κ1) is 21.0. The summed E-state index contributed by atoms with van der Waals surface area (Å²) in [6.07, 6.45) is 1.86. The molecule has 0 saturated carbocycles. The number of nitrogens with zero attached hydrogens (tertiary/aromatic N) is 1. The number of aryl methyl sites for hydroxylation is 1. The van der Waals surface area contributed by atoms with Crippen LogP contribution in [0, 0.1) is 12.7 Å². The monoisotopic (exact) mass is 455 g/mol. The van der Waals surface area contributed by atoms with Gasteiger partial charge >= 0.3 is 0 Å². The van der Waals surface area contributed by atoms with Crippen LogP contribution in [0.15, 0.2) is 70.7 Å². The minimum absolute atomic E-state index is 0.0354. The van der Waals surface area contributed by atoms with Gasteiger partial charge in [0.25, 0.3) is 20.0 Å². The van der Waals surface area contributed by atoms with Crippen molar-refractivity contribution < 1.29 is 21.2 Å². The number of halogens is 2. The predicted molar refractivity (Wildman–Crippen MR) is 108 cm³/mol. The third-order valence-corrected chi connectivity index (χ3v) is 6.81. The van der Waals surface area contributed by atoms with E-state index in [-0.39, 0.29) is 15.5 Å². The van der Waals surface area contributed by atoms with E-state index in [0.29, 0.717) is 16.3 Å². The molecule has 0 atom stereocenters. The van der Waals surface area contributed by atoms with Crippen LogP contribution in [-0.2, 0) is 20.0 Å². The lowest BCUT2D eigenvalue weighted by Crippen LogP contribution is -2.16. The summed E-state index contributed by atoms with van der Waals surface area (Å²) in [5.41, 5.74) is 0.805. The first-order valence-electron chi connectivity index (χ1n) is 8.09. The first-order valence-corrected chi connectivity index (χ1v) is 11.4. The molecular weight excluding hydrogens is 441 g/mol. The number of benzene rings is 2. The number of aromatic nitrogens is 1. The lowest BCUT2D eigenvalue weighted by Gasteiger charge is -2.13. The molecule has 0 spiro atoms. The Kier molecular flexibility index (Phi) is 5.78. The Morgan fingerprint density at radius 1 is 0.862 bits per heavy atom. The van der Waals surface area contributed by atoms with Crippen molar-refractivity contribution in [1.29, 1.82) is 0 Å². The molecule has 2 N–H and O–H groups in total. The molecule has 0 amide bonds. The van der Waals surface area contributed by atoms with Crippen LogP contribution >= 0.6 is 11.6 Å². The zero-order valence-corrected chi connectivity index (χ0v) is 17.3. The maximum Gasteiger partial charge on any atom is 0.263 e. The van der Waals surface area contributed by atoms with Crippen molar-refractivity contribution in [2.75, 3.05) is 9.44 Å². The Morgan fingerprint density at radius 2 is 1.52 bits per heavy atom. The van der Waals surface area contributed by atoms with Crippen LogP contribution in [0.1, 0.15) is 5.56 Å². The largest absolute Gasteiger partial charge is 0.280 e. The van der Waals surface area contributed by atoms with E-state index < -0.39 is 25.9 Å². The second-order valence-corrected chi connectivity index (χ2v) is 9.83. The number of pyridine rings is 1. The lowest BCUT2D eigenvalue weighted by molar-refractivity contribution is 0.592. The highest BCUT2D eigenvalue weighted by molar-refractivity contribution is 7.93. The van der Waals surface area contributed by atoms with Gasteiger partial charge < -0.3 is 0 Å². The van der Waals surface area contributed by atoms with Crippen molar-refractivity contribution in [2.24, 2.45) is 0 Å². The summed E-state index contributed by atoms with van der Waals surface area (Å²) in [6.45, 7) is 1.60. The summed E-state index contributed by atoms with van der Waals surface area (Å²) < 4.78 is 68.3. The van der Waals surface area contributed by atoms with Gasteiger partial charge in [-0.2, -0.15) is 0 Å². The second kappa shape index (κ2) is 7.97. The molecule has 0 unspecified atom stereocenters. The van der Waals surface area contributed by atoms with E-state index >= 15 is 0 Å². The molecule has 1 aromatic heterocycles. The molecule has 2 aromatic carbocycles. The molecular formula is C18H15ClFN3O4S2. The van der Waals surface area contributed by atoms with Gasteiger partial charge in [0, 0.05) is 16.9 Å². The van der Waals surface area contributed by atoms with E-state index in [2.05, 4.69) is 14.4 Å². The third kappa shape index (κ3) is 5.03. The van der Waals surface area contributed by atoms with Crippen LogP contribution in [0.5, 0.6) is 0 Å². The van der Waals surface area contributed by atoms with Crippen LogP contribution < -0.4 is 9.44 Å². The van der Waals surface area contributed by atoms with Crippen LogP contribution in [0.25, 0.3) is 0 Å². The molecule has 0 bridgehead atoms. The molecule has 3 rings (SSSR count). The smallest absolute Gasteiger partial charge is 0.263 e. The van der Waals surface area contributed by atoms with Gasteiger partial charge in [0.1, 0.15) is 10.7 Å². The van der Waals surface area contributed by atoms with E-state index in [4.69, 9.17) is 11.6 Å². The number of hydrogen-bond donors (Lipinski definition) is 2. The Hall–Kier alpha value is -2.69. The molecule has 7 nitrogen and oxygen atoms in total. The van der Waals surface area contributed by atoms with Gasteiger partial charge in [-0.15, -0.1) is 0 Å². The fourth-order valence-electron chi connectivity index (χ4n) is 2.35. The molecule has 11 heteroatoms. The highest BCUT2D eigenvalue weighted by atomic mass is 35.5. The zero-order chi connectivity index (χ0) is 21.2. The molecule has 0 radical (unpaired) electrons. The van der Waals surface area contributed by atoms with Crippen molar-refractivity contribution in [2.45, 2.75) is 16.7 Å². The highest BCUT2D eigenvalue weighted by Crippen LogP contribution is 2.25. The van der Waals surface area contributed by atoms with E-state index in [9.17, 15) is 21.2 Å². The van der Waals surface area contributed by atoms with E-state index in [1.807, 2.05) is 0 Å². The summed E-state index contributed by atoms with van der Waals surface area (Å²) in [4.78, 5) is 2.97. The Balaban J connectivity index is 1.92. The molecule has 3 aromatic rings. The number of sulfonamides is 2. The second-order valence-electron chi connectivity index (χ2n) is 6.03. The first-order chi connectivity index (χ1) is 13.6. The minimum Gasteiger partial charge on any atom is -0.280 e. The quantitative estimate of drug-likeness (QED) is 0.588. The fourth-order valence-corrected chi connectivity index (χ4v) is 4.66. The topological polar surface area (TPSA) is 105 Å². The maximum absolute atomic E-state index is 13.3. The average Bonchev–Trinajstić information content (AvgIpc) is 2.65. The van der Waals surface area contributed by atoms with Crippen LogP contribution in [-0.4, -0.2) is 21.8 Å². The van der Waals surface area contributed by atoms with Gasteiger partial charge in [0.05, 0.1) is 16.8 Å². The van der Waals surface area contributed by atoms with E-state index in [1.54, 1.807) is 6.92 Å². The van der Waals surface area contributed by atoms with Crippen molar-refractivity contribution >= 4 is 43.0 Å². The molecule has 29 heavy (non-hydrogen) atoms. The minimum atomic E-state index is -4.17. The number of anilines is 2. The van der Waals surface area contributed by atoms with Gasteiger partial charge in [0.2, 0.25) is 0 Å². The van der Waals surface area contributed by atoms with Crippen molar-refractivity contribution in [3.63, 3.8) is 0 Å². The van der Waals surface area contributed by atoms with Crippen molar-refractivity contribution in [1.82, 2.24) is 4.98 Å². The standard InChI is InChI=1S/C18H15ClFN3O4S2/c1-12-2-7-16(28(24,25)22-15-5-3-13(19)4-6-15)9-18(12)23-29(26,27)17-8-14(20)10-21-11-17/h2-11,22-23H,1H3. The summed E-state index contributed by atoms with van der Waals surface area (Å²) >= 11 is 5.79. The maximum atomic E-state index is 13.3. The van der Waals surface area contributed by atoms with Gasteiger partial charge in [0.15, 0.2) is 0 Å². The number of hydrogen-bond acceptors (Lipinski definition) is 5. The lowest BCUT2D eigenvalue weighted by atomic mass is 10.2. The molecule has 1 heterocycles. The molecule has 0 aliphatic heterocycles. The molecule has 0 aliphatic carbocycles. The fraction of sp³-hybridized carbons (Fsp3) is 0.0556. The SMILES string of the molecule is Cc1ccc(S(=O)(=O)Nc2ccc(Cl)cc2)cc1NS(=O)(=O)c1cncc(F)c1.